The molecule has 10 heteroatoms. The van der Waals surface area contributed by atoms with Crippen LogP contribution in [0.3, 0.4) is 0 Å². The van der Waals surface area contributed by atoms with Gasteiger partial charge in [-0.2, -0.15) is 26.3 Å². The number of carbonyl (C=O) groups excluding carboxylic acids is 1. The van der Waals surface area contributed by atoms with Crippen molar-refractivity contribution >= 4 is 5.91 Å². The van der Waals surface area contributed by atoms with Crippen LogP contribution in [0.1, 0.15) is 59.2 Å². The van der Waals surface area contributed by atoms with E-state index in [0.717, 1.165) is 86.1 Å². The SMILES string of the molecule is O=C(NC1CCN(CCCCC2(CNCC(F)(F)F)c3ccccc3-c3ccccc32)CC1)c1ccccc1-c1ccc(C(F)(F)F)cc1. The van der Waals surface area contributed by atoms with Gasteiger partial charge in [-0.1, -0.05) is 85.3 Å². The predicted molar refractivity (Wildman–Crippen MR) is 179 cm³/mol. The molecule has 2 aliphatic rings. The molecule has 0 radical (unpaired) electrons. The Morgan fingerprint density at radius 3 is 1.90 bits per heavy atom. The summed E-state index contributed by atoms with van der Waals surface area (Å²) in [6, 6.07) is 27.8. The summed E-state index contributed by atoms with van der Waals surface area (Å²) in [4.78, 5) is 15.7. The van der Waals surface area contributed by atoms with E-state index >= 15 is 0 Å². The van der Waals surface area contributed by atoms with E-state index in [4.69, 9.17) is 0 Å². The Hall–Kier alpha value is -4.15. The molecule has 4 nitrogen and oxygen atoms in total. The smallest absolute Gasteiger partial charge is 0.349 e. The number of hydrogen-bond acceptors (Lipinski definition) is 3. The summed E-state index contributed by atoms with van der Waals surface area (Å²) < 4.78 is 78.6. The van der Waals surface area contributed by atoms with Crippen LogP contribution in [-0.4, -0.2) is 55.7 Å². The maximum Gasteiger partial charge on any atom is 0.416 e. The number of nitrogens with zero attached hydrogens (tertiary/aromatic N) is 1. The van der Waals surface area contributed by atoms with E-state index in [9.17, 15) is 31.1 Å². The minimum Gasteiger partial charge on any atom is -0.349 e. The Kier molecular flexibility index (Phi) is 10.2. The standard InChI is InChI=1S/C39H39F6N3O/c40-38(41,42)26-46-25-37(34-13-5-3-10-31(34)32-11-4-6-14-35(32)37)21-7-8-22-48-23-19-29(20-24-48)47-36(49)33-12-2-1-9-30(33)27-15-17-28(18-16-27)39(43,44)45/h1-6,9-18,29,46H,7-8,19-26H2,(H,47,49). The van der Waals surface area contributed by atoms with Crippen LogP contribution in [0.15, 0.2) is 97.1 Å². The first-order valence-corrected chi connectivity index (χ1v) is 16.7. The topological polar surface area (TPSA) is 44.4 Å². The van der Waals surface area contributed by atoms with Crippen molar-refractivity contribution in [3.63, 3.8) is 0 Å². The molecule has 4 aromatic carbocycles. The Labute approximate surface area is 282 Å². The lowest BCUT2D eigenvalue weighted by atomic mass is 9.74. The number of amides is 1. The number of likely N-dealkylation sites (tertiary alicyclic amines) is 1. The zero-order valence-electron chi connectivity index (χ0n) is 27.0. The maximum absolute atomic E-state index is 13.3. The van der Waals surface area contributed by atoms with Crippen LogP contribution in [0, 0.1) is 0 Å². The number of nitrogens with one attached hydrogen (secondary N) is 2. The number of hydrogen-bond donors (Lipinski definition) is 2. The molecule has 2 N–H and O–H groups in total. The van der Waals surface area contributed by atoms with Gasteiger partial charge in [-0.3, -0.25) is 4.79 Å². The molecular formula is C39H39F6N3O. The monoisotopic (exact) mass is 679 g/mol. The van der Waals surface area contributed by atoms with E-state index in [0.29, 0.717) is 16.7 Å². The summed E-state index contributed by atoms with van der Waals surface area (Å²) in [5.74, 6) is -0.254. The molecule has 0 spiro atoms. The van der Waals surface area contributed by atoms with Crippen LogP contribution in [-0.2, 0) is 11.6 Å². The van der Waals surface area contributed by atoms with Gasteiger partial charge in [-0.05, 0) is 83.8 Å². The summed E-state index contributed by atoms with van der Waals surface area (Å²) >= 11 is 0. The zero-order chi connectivity index (χ0) is 34.6. The number of halogens is 6. The van der Waals surface area contributed by atoms with Crippen LogP contribution in [0.4, 0.5) is 26.3 Å². The molecule has 0 saturated carbocycles. The second-order valence-corrected chi connectivity index (χ2v) is 13.1. The van der Waals surface area contributed by atoms with Crippen molar-refractivity contribution in [2.75, 3.05) is 32.7 Å². The number of carbonyl (C=O) groups is 1. The van der Waals surface area contributed by atoms with Crippen LogP contribution in [0.5, 0.6) is 0 Å². The predicted octanol–water partition coefficient (Wildman–Crippen LogP) is 8.86. The van der Waals surface area contributed by atoms with Crippen molar-refractivity contribution in [3.8, 4) is 22.3 Å². The molecule has 1 fully saturated rings. The third-order valence-corrected chi connectivity index (χ3v) is 9.87. The van der Waals surface area contributed by atoms with Gasteiger partial charge >= 0.3 is 12.4 Å². The number of alkyl halides is 6. The van der Waals surface area contributed by atoms with Crippen molar-refractivity contribution in [3.05, 3.63) is 119 Å². The van der Waals surface area contributed by atoms with Gasteiger partial charge in [0, 0.05) is 36.7 Å². The highest BCUT2D eigenvalue weighted by atomic mass is 19.4. The molecule has 6 rings (SSSR count). The molecule has 258 valence electrons. The minimum atomic E-state index is -4.43. The van der Waals surface area contributed by atoms with Crippen molar-refractivity contribution in [1.82, 2.24) is 15.5 Å². The average Bonchev–Trinajstić information content (AvgIpc) is 3.36. The minimum absolute atomic E-state index is 0.0288. The van der Waals surface area contributed by atoms with Crippen molar-refractivity contribution < 1.29 is 31.1 Å². The highest BCUT2D eigenvalue weighted by molar-refractivity contribution is 6.01. The molecule has 0 bridgehead atoms. The van der Waals surface area contributed by atoms with Gasteiger partial charge < -0.3 is 15.5 Å². The lowest BCUT2D eigenvalue weighted by Gasteiger charge is -2.34. The van der Waals surface area contributed by atoms with Gasteiger partial charge in [-0.25, -0.2) is 0 Å². The molecule has 1 amide bonds. The molecule has 1 heterocycles. The van der Waals surface area contributed by atoms with Crippen molar-refractivity contribution in [2.45, 2.75) is 55.9 Å². The lowest BCUT2D eigenvalue weighted by Crippen LogP contribution is -2.45. The quantitative estimate of drug-likeness (QED) is 0.123. The highest BCUT2D eigenvalue weighted by Crippen LogP contribution is 2.51. The van der Waals surface area contributed by atoms with Crippen LogP contribution >= 0.6 is 0 Å². The number of unbranched alkanes of at least 4 members (excludes halogenated alkanes) is 1. The maximum atomic E-state index is 13.3. The van der Waals surface area contributed by atoms with Gasteiger partial charge in [0.15, 0.2) is 0 Å². The molecule has 4 aromatic rings. The first-order valence-electron chi connectivity index (χ1n) is 16.7. The molecular weight excluding hydrogens is 640 g/mol. The van der Waals surface area contributed by atoms with E-state index in [1.165, 1.54) is 12.1 Å². The Balaban J connectivity index is 1.03. The normalized spacial score (nSPS) is 16.3. The molecule has 1 aliphatic carbocycles. The van der Waals surface area contributed by atoms with Crippen molar-refractivity contribution in [1.29, 1.82) is 0 Å². The zero-order valence-corrected chi connectivity index (χ0v) is 27.0. The molecule has 1 aliphatic heterocycles. The second-order valence-electron chi connectivity index (χ2n) is 13.1. The van der Waals surface area contributed by atoms with E-state index in [1.807, 2.05) is 36.4 Å². The molecule has 49 heavy (non-hydrogen) atoms. The second kappa shape index (κ2) is 14.4. The first-order chi connectivity index (χ1) is 23.4. The fourth-order valence-corrected chi connectivity index (χ4v) is 7.48. The fraction of sp³-hybridized carbons (Fsp3) is 0.359. The number of rotatable bonds is 11. The van der Waals surface area contributed by atoms with E-state index in [2.05, 4.69) is 27.7 Å². The molecule has 0 unspecified atom stereocenters. The van der Waals surface area contributed by atoms with E-state index in [-0.39, 0.29) is 18.5 Å². The van der Waals surface area contributed by atoms with Gasteiger partial charge in [0.25, 0.3) is 5.91 Å². The molecule has 0 atom stereocenters. The summed E-state index contributed by atoms with van der Waals surface area (Å²) in [6.07, 6.45) is -4.74. The molecule has 1 saturated heterocycles. The first kappa shape index (κ1) is 34.7. The van der Waals surface area contributed by atoms with E-state index < -0.39 is 29.9 Å². The van der Waals surface area contributed by atoms with Crippen LogP contribution in [0.25, 0.3) is 22.3 Å². The Morgan fingerprint density at radius 1 is 0.735 bits per heavy atom. The van der Waals surface area contributed by atoms with Gasteiger partial charge in [0.2, 0.25) is 0 Å². The molecule has 0 aromatic heterocycles. The third-order valence-electron chi connectivity index (χ3n) is 9.87. The van der Waals surface area contributed by atoms with E-state index in [1.54, 1.807) is 24.3 Å². The van der Waals surface area contributed by atoms with Gasteiger partial charge in [0.1, 0.15) is 0 Å². The number of fused-ring (bicyclic) bond motifs is 3. The number of piperidine rings is 1. The third kappa shape index (κ3) is 7.86. The van der Waals surface area contributed by atoms with Crippen molar-refractivity contribution in [2.24, 2.45) is 0 Å². The Morgan fingerprint density at radius 2 is 1.31 bits per heavy atom. The average molecular weight is 680 g/mol. The fourth-order valence-electron chi connectivity index (χ4n) is 7.48. The lowest BCUT2D eigenvalue weighted by molar-refractivity contribution is -0.137. The summed E-state index contributed by atoms with van der Waals surface area (Å²) in [7, 11) is 0. The summed E-state index contributed by atoms with van der Waals surface area (Å²) in [5.41, 5.74) is 4.55. The summed E-state index contributed by atoms with van der Waals surface area (Å²) in [6.45, 7) is 1.62. The van der Waals surface area contributed by atoms with Crippen LogP contribution < -0.4 is 10.6 Å². The number of benzene rings is 4. The van der Waals surface area contributed by atoms with Crippen LogP contribution in [0.2, 0.25) is 0 Å². The van der Waals surface area contributed by atoms with Gasteiger partial charge in [-0.15, -0.1) is 0 Å². The highest BCUT2D eigenvalue weighted by Gasteiger charge is 2.43. The van der Waals surface area contributed by atoms with Gasteiger partial charge in [0.05, 0.1) is 12.1 Å². The Bertz CT molecular complexity index is 1700. The summed E-state index contributed by atoms with van der Waals surface area (Å²) in [5, 5.41) is 5.85. The largest absolute Gasteiger partial charge is 0.416 e.